The van der Waals surface area contributed by atoms with Crippen molar-refractivity contribution < 1.29 is 9.53 Å². The predicted molar refractivity (Wildman–Crippen MR) is 72.3 cm³/mol. The molecular formula is C14H22N2O2. The van der Waals surface area contributed by atoms with Crippen LogP contribution in [0, 0.1) is 20.8 Å². The van der Waals surface area contributed by atoms with Gasteiger partial charge in [0.2, 0.25) is 5.91 Å². The van der Waals surface area contributed by atoms with Crippen LogP contribution in [-0.2, 0) is 4.79 Å². The second kappa shape index (κ2) is 6.40. The van der Waals surface area contributed by atoms with E-state index in [1.807, 2.05) is 13.8 Å². The van der Waals surface area contributed by atoms with E-state index in [9.17, 15) is 4.79 Å². The number of aryl methyl sites for hydroxylation is 3. The third-order valence-corrected chi connectivity index (χ3v) is 2.78. The smallest absolute Gasteiger partial charge is 0.236 e. The van der Waals surface area contributed by atoms with Crippen molar-refractivity contribution in [2.75, 3.05) is 13.7 Å². The van der Waals surface area contributed by atoms with Crippen LogP contribution < -0.4 is 10.6 Å². The fourth-order valence-corrected chi connectivity index (χ4v) is 1.97. The Morgan fingerprint density at radius 2 is 1.83 bits per heavy atom. The number of hydrogen-bond donors (Lipinski definition) is 1. The Hall–Kier alpha value is -1.55. The zero-order valence-corrected chi connectivity index (χ0v) is 11.6. The van der Waals surface area contributed by atoms with Crippen LogP contribution >= 0.6 is 0 Å². The Morgan fingerprint density at radius 3 is 2.33 bits per heavy atom. The number of carbonyl (C=O) groups excluding carboxylic acids is 1. The third kappa shape index (κ3) is 4.04. The first-order valence-corrected chi connectivity index (χ1v) is 6.13. The van der Waals surface area contributed by atoms with Gasteiger partial charge in [0.25, 0.3) is 0 Å². The largest absolute Gasteiger partial charge is 0.493 e. The maximum atomic E-state index is 11.3. The van der Waals surface area contributed by atoms with Crippen molar-refractivity contribution in [1.29, 1.82) is 0 Å². The van der Waals surface area contributed by atoms with Crippen molar-refractivity contribution in [3.63, 3.8) is 0 Å². The van der Waals surface area contributed by atoms with Crippen LogP contribution in [0.2, 0.25) is 0 Å². The maximum absolute atomic E-state index is 11.3. The summed E-state index contributed by atoms with van der Waals surface area (Å²) in [4.78, 5) is 11.3. The van der Waals surface area contributed by atoms with Crippen molar-refractivity contribution in [3.8, 4) is 5.75 Å². The molecule has 0 aliphatic heterocycles. The van der Waals surface area contributed by atoms with Gasteiger partial charge < -0.3 is 4.74 Å². The molecule has 0 saturated carbocycles. The first-order valence-electron chi connectivity index (χ1n) is 6.13. The average molecular weight is 250 g/mol. The number of carbonyl (C=O) groups is 1. The van der Waals surface area contributed by atoms with E-state index in [2.05, 4.69) is 19.1 Å². The number of hydrazine groups is 1. The van der Waals surface area contributed by atoms with Crippen LogP contribution in [0.5, 0.6) is 5.75 Å². The number of amides is 1. The first-order chi connectivity index (χ1) is 8.41. The summed E-state index contributed by atoms with van der Waals surface area (Å²) in [6.45, 7) is 6.67. The standard InChI is InChI=1S/C14H22N2O2/c1-10-8-11(2)14(12(3)9-10)18-7-5-6-13(17)16(4)15/h8-9H,5-7,15H2,1-4H3. The van der Waals surface area contributed by atoms with Crippen molar-refractivity contribution in [3.05, 3.63) is 28.8 Å². The SMILES string of the molecule is Cc1cc(C)c(OCCCC(=O)N(C)N)c(C)c1. The summed E-state index contributed by atoms with van der Waals surface area (Å²) < 4.78 is 5.74. The molecule has 18 heavy (non-hydrogen) atoms. The van der Waals surface area contributed by atoms with Gasteiger partial charge >= 0.3 is 0 Å². The number of hydrogen-bond acceptors (Lipinski definition) is 3. The predicted octanol–water partition coefficient (Wildman–Crippen LogP) is 2.10. The van der Waals surface area contributed by atoms with E-state index in [1.54, 1.807) is 7.05 Å². The summed E-state index contributed by atoms with van der Waals surface area (Å²) in [5.74, 6) is 6.19. The quantitative estimate of drug-likeness (QED) is 0.377. The summed E-state index contributed by atoms with van der Waals surface area (Å²) in [5, 5.41) is 1.11. The van der Waals surface area contributed by atoms with Gasteiger partial charge in [-0.3, -0.25) is 9.80 Å². The summed E-state index contributed by atoms with van der Waals surface area (Å²) in [7, 11) is 1.55. The molecule has 0 bridgehead atoms. The highest BCUT2D eigenvalue weighted by Crippen LogP contribution is 2.24. The number of rotatable bonds is 5. The van der Waals surface area contributed by atoms with E-state index in [1.165, 1.54) is 5.56 Å². The number of nitrogens with two attached hydrogens (primary N) is 1. The van der Waals surface area contributed by atoms with Gasteiger partial charge in [-0.2, -0.15) is 0 Å². The Kier molecular flexibility index (Phi) is 5.16. The molecule has 0 aliphatic carbocycles. The maximum Gasteiger partial charge on any atom is 0.236 e. The highest BCUT2D eigenvalue weighted by Gasteiger charge is 2.07. The van der Waals surface area contributed by atoms with Crippen molar-refractivity contribution in [2.24, 2.45) is 5.84 Å². The van der Waals surface area contributed by atoms with Gasteiger partial charge in [-0.15, -0.1) is 0 Å². The van der Waals surface area contributed by atoms with Crippen molar-refractivity contribution in [1.82, 2.24) is 5.01 Å². The van der Waals surface area contributed by atoms with E-state index >= 15 is 0 Å². The molecule has 4 heteroatoms. The zero-order valence-electron chi connectivity index (χ0n) is 11.6. The Labute approximate surface area is 109 Å². The molecule has 0 radical (unpaired) electrons. The van der Waals surface area contributed by atoms with E-state index in [4.69, 9.17) is 10.6 Å². The highest BCUT2D eigenvalue weighted by atomic mass is 16.5. The van der Waals surface area contributed by atoms with E-state index < -0.39 is 0 Å². The topological polar surface area (TPSA) is 55.6 Å². The monoisotopic (exact) mass is 250 g/mol. The van der Waals surface area contributed by atoms with Gasteiger partial charge in [0.15, 0.2) is 0 Å². The summed E-state index contributed by atoms with van der Waals surface area (Å²) in [6.07, 6.45) is 1.09. The van der Waals surface area contributed by atoms with Crippen LogP contribution in [0.4, 0.5) is 0 Å². The zero-order chi connectivity index (χ0) is 13.7. The van der Waals surface area contributed by atoms with Crippen LogP contribution in [0.1, 0.15) is 29.5 Å². The number of ether oxygens (including phenoxy) is 1. The fraction of sp³-hybridized carbons (Fsp3) is 0.500. The lowest BCUT2D eigenvalue weighted by molar-refractivity contribution is -0.130. The lowest BCUT2D eigenvalue weighted by Gasteiger charge is -2.14. The third-order valence-electron chi connectivity index (χ3n) is 2.78. The van der Waals surface area contributed by atoms with E-state index in [-0.39, 0.29) is 5.91 Å². The Balaban J connectivity index is 2.47. The summed E-state index contributed by atoms with van der Waals surface area (Å²) in [5.41, 5.74) is 3.50. The van der Waals surface area contributed by atoms with Gasteiger partial charge in [-0.1, -0.05) is 17.7 Å². The Bertz CT molecular complexity index is 405. The minimum atomic E-state index is -0.0732. The van der Waals surface area contributed by atoms with Crippen LogP contribution in [0.15, 0.2) is 12.1 Å². The molecule has 0 aliphatic rings. The van der Waals surface area contributed by atoms with Crippen LogP contribution in [0.3, 0.4) is 0 Å². The molecule has 2 N–H and O–H groups in total. The molecule has 0 aromatic heterocycles. The molecule has 0 heterocycles. The van der Waals surface area contributed by atoms with Gasteiger partial charge in [0.1, 0.15) is 5.75 Å². The molecule has 100 valence electrons. The summed E-state index contributed by atoms with van der Waals surface area (Å²) >= 11 is 0. The molecular weight excluding hydrogens is 228 g/mol. The Morgan fingerprint density at radius 1 is 1.28 bits per heavy atom. The lowest BCUT2D eigenvalue weighted by atomic mass is 10.1. The first kappa shape index (κ1) is 14.5. The van der Waals surface area contributed by atoms with Crippen LogP contribution in [0.25, 0.3) is 0 Å². The van der Waals surface area contributed by atoms with Gasteiger partial charge in [-0.05, 0) is 38.3 Å². The molecule has 1 aromatic rings. The van der Waals surface area contributed by atoms with Crippen molar-refractivity contribution >= 4 is 5.91 Å². The normalized spacial score (nSPS) is 10.3. The molecule has 0 unspecified atom stereocenters. The van der Waals surface area contributed by atoms with Gasteiger partial charge in [0.05, 0.1) is 6.61 Å². The van der Waals surface area contributed by atoms with E-state index in [0.717, 1.165) is 21.9 Å². The molecule has 0 spiro atoms. The summed E-state index contributed by atoms with van der Waals surface area (Å²) in [6, 6.07) is 4.20. The second-order valence-corrected chi connectivity index (χ2v) is 4.68. The molecule has 0 saturated heterocycles. The molecule has 0 fully saturated rings. The minimum Gasteiger partial charge on any atom is -0.493 e. The minimum absolute atomic E-state index is 0.0732. The van der Waals surface area contributed by atoms with Gasteiger partial charge in [0, 0.05) is 13.5 Å². The van der Waals surface area contributed by atoms with Crippen molar-refractivity contribution in [2.45, 2.75) is 33.6 Å². The number of nitrogens with zero attached hydrogens (tertiary/aromatic N) is 1. The highest BCUT2D eigenvalue weighted by molar-refractivity contribution is 5.75. The average Bonchev–Trinajstić information content (AvgIpc) is 2.26. The van der Waals surface area contributed by atoms with E-state index in [0.29, 0.717) is 19.4 Å². The molecule has 0 atom stereocenters. The lowest BCUT2D eigenvalue weighted by Crippen LogP contribution is -2.33. The second-order valence-electron chi connectivity index (χ2n) is 4.68. The van der Waals surface area contributed by atoms with Gasteiger partial charge in [-0.25, -0.2) is 5.84 Å². The molecule has 4 nitrogen and oxygen atoms in total. The molecule has 1 rings (SSSR count). The molecule has 1 aromatic carbocycles. The fourth-order valence-electron chi connectivity index (χ4n) is 1.97. The molecule has 1 amide bonds. The van der Waals surface area contributed by atoms with Crippen LogP contribution in [-0.4, -0.2) is 24.6 Å². The number of benzene rings is 1.